The van der Waals surface area contributed by atoms with E-state index in [1.165, 1.54) is 16.7 Å². The van der Waals surface area contributed by atoms with Gasteiger partial charge in [-0.2, -0.15) is 0 Å². The normalized spacial score (nSPS) is 12.5. The molecule has 0 aliphatic rings. The number of benzene rings is 2. The third kappa shape index (κ3) is 2.81. The first-order valence-electron chi connectivity index (χ1n) is 6.33. The van der Waals surface area contributed by atoms with Gasteiger partial charge in [-0.1, -0.05) is 47.5 Å². The van der Waals surface area contributed by atoms with Gasteiger partial charge >= 0.3 is 0 Å². The molecule has 2 nitrogen and oxygen atoms in total. The first-order valence-corrected chi connectivity index (χ1v) is 6.70. The van der Waals surface area contributed by atoms with Crippen LogP contribution in [0.1, 0.15) is 33.9 Å². The third-order valence-corrected chi connectivity index (χ3v) is 3.93. The van der Waals surface area contributed by atoms with Gasteiger partial charge in [0, 0.05) is 5.02 Å². The molecule has 2 rings (SSSR count). The van der Waals surface area contributed by atoms with Gasteiger partial charge in [0.05, 0.1) is 6.04 Å². The number of hydrogen-bond acceptors (Lipinski definition) is 2. The van der Waals surface area contributed by atoms with E-state index in [2.05, 4.69) is 43.5 Å². The van der Waals surface area contributed by atoms with Crippen molar-refractivity contribution in [3.05, 3.63) is 69.2 Å². The van der Waals surface area contributed by atoms with Crippen LogP contribution in [-0.4, -0.2) is 0 Å². The van der Waals surface area contributed by atoms with Gasteiger partial charge in [0.25, 0.3) is 0 Å². The van der Waals surface area contributed by atoms with E-state index in [1.807, 2.05) is 19.1 Å². The molecule has 0 spiro atoms. The van der Waals surface area contributed by atoms with Crippen LogP contribution in [0.2, 0.25) is 5.02 Å². The quantitative estimate of drug-likeness (QED) is 0.660. The number of hydrazine groups is 1. The largest absolute Gasteiger partial charge is 0.271 e. The predicted octanol–water partition coefficient (Wildman–Crippen LogP) is 3.82. The topological polar surface area (TPSA) is 38.0 Å². The molecule has 0 aliphatic carbocycles. The van der Waals surface area contributed by atoms with E-state index in [1.54, 1.807) is 0 Å². The molecule has 100 valence electrons. The Morgan fingerprint density at radius 2 is 1.79 bits per heavy atom. The summed E-state index contributed by atoms with van der Waals surface area (Å²) in [6.45, 7) is 6.21. The Bertz CT molecular complexity index is 593. The number of rotatable bonds is 3. The van der Waals surface area contributed by atoms with E-state index in [0.717, 1.165) is 16.1 Å². The van der Waals surface area contributed by atoms with E-state index in [9.17, 15) is 0 Å². The SMILES string of the molecule is Cc1ccc(C(NN)c2cccc(Cl)c2C)c(C)c1. The fourth-order valence-corrected chi connectivity index (χ4v) is 2.62. The van der Waals surface area contributed by atoms with Crippen LogP contribution in [0.4, 0.5) is 0 Å². The summed E-state index contributed by atoms with van der Waals surface area (Å²) in [5, 5.41) is 0.766. The Kier molecular flexibility index (Phi) is 4.25. The predicted molar refractivity (Wildman–Crippen MR) is 81.3 cm³/mol. The number of hydrogen-bond donors (Lipinski definition) is 2. The highest BCUT2D eigenvalue weighted by atomic mass is 35.5. The molecule has 19 heavy (non-hydrogen) atoms. The summed E-state index contributed by atoms with van der Waals surface area (Å²) in [4.78, 5) is 0. The molecule has 2 aromatic carbocycles. The van der Waals surface area contributed by atoms with Crippen LogP contribution in [0.5, 0.6) is 0 Å². The lowest BCUT2D eigenvalue weighted by Gasteiger charge is -2.21. The molecule has 2 aromatic rings. The van der Waals surface area contributed by atoms with E-state index in [-0.39, 0.29) is 6.04 Å². The first kappa shape index (κ1) is 14.1. The Balaban J connectivity index is 2.53. The van der Waals surface area contributed by atoms with Crippen LogP contribution < -0.4 is 11.3 Å². The molecule has 1 unspecified atom stereocenters. The fourth-order valence-electron chi connectivity index (χ4n) is 2.43. The maximum absolute atomic E-state index is 6.20. The highest BCUT2D eigenvalue weighted by Gasteiger charge is 2.17. The second kappa shape index (κ2) is 5.74. The lowest BCUT2D eigenvalue weighted by molar-refractivity contribution is 0.630. The molecule has 0 saturated carbocycles. The summed E-state index contributed by atoms with van der Waals surface area (Å²) in [5.74, 6) is 5.77. The van der Waals surface area contributed by atoms with Crippen molar-refractivity contribution in [1.82, 2.24) is 5.43 Å². The van der Waals surface area contributed by atoms with Crippen LogP contribution in [0.3, 0.4) is 0 Å². The minimum absolute atomic E-state index is 0.0423. The summed E-state index contributed by atoms with van der Waals surface area (Å²) in [6, 6.07) is 12.3. The van der Waals surface area contributed by atoms with Crippen LogP contribution in [0, 0.1) is 20.8 Å². The maximum Gasteiger partial charge on any atom is 0.0715 e. The molecule has 3 N–H and O–H groups in total. The zero-order valence-electron chi connectivity index (χ0n) is 11.5. The lowest BCUT2D eigenvalue weighted by Crippen LogP contribution is -2.30. The second-order valence-electron chi connectivity index (χ2n) is 4.91. The van der Waals surface area contributed by atoms with Gasteiger partial charge in [0.2, 0.25) is 0 Å². The monoisotopic (exact) mass is 274 g/mol. The molecule has 0 aliphatic heterocycles. The van der Waals surface area contributed by atoms with Crippen LogP contribution in [-0.2, 0) is 0 Å². The van der Waals surface area contributed by atoms with Crippen molar-refractivity contribution in [2.45, 2.75) is 26.8 Å². The number of aryl methyl sites for hydroxylation is 2. The standard InChI is InChI=1S/C16H19ClN2/c1-10-7-8-13(11(2)9-10)16(19-18)14-5-4-6-15(17)12(14)3/h4-9,16,19H,18H2,1-3H3. The van der Waals surface area contributed by atoms with Crippen molar-refractivity contribution >= 4 is 11.6 Å². The van der Waals surface area contributed by atoms with Gasteiger partial charge in [0.1, 0.15) is 0 Å². The van der Waals surface area contributed by atoms with Gasteiger partial charge in [-0.3, -0.25) is 5.84 Å². The Morgan fingerprint density at radius 1 is 1.05 bits per heavy atom. The molecule has 0 radical (unpaired) electrons. The van der Waals surface area contributed by atoms with Crippen molar-refractivity contribution in [2.75, 3.05) is 0 Å². The molecule has 0 heterocycles. The van der Waals surface area contributed by atoms with Gasteiger partial charge < -0.3 is 0 Å². The van der Waals surface area contributed by atoms with E-state index < -0.39 is 0 Å². The zero-order chi connectivity index (χ0) is 14.0. The highest BCUT2D eigenvalue weighted by Crippen LogP contribution is 2.30. The summed E-state index contributed by atoms with van der Waals surface area (Å²) in [7, 11) is 0. The Hall–Kier alpha value is -1.35. The summed E-state index contributed by atoms with van der Waals surface area (Å²) in [6.07, 6.45) is 0. The molecule has 0 aromatic heterocycles. The molecule has 0 amide bonds. The van der Waals surface area contributed by atoms with Crippen molar-refractivity contribution in [2.24, 2.45) is 5.84 Å². The molecular formula is C16H19ClN2. The average Bonchev–Trinajstić information content (AvgIpc) is 2.37. The third-order valence-electron chi connectivity index (χ3n) is 3.52. The number of nitrogens with one attached hydrogen (secondary N) is 1. The molecule has 0 saturated heterocycles. The number of halogens is 1. The second-order valence-corrected chi connectivity index (χ2v) is 5.32. The van der Waals surface area contributed by atoms with Crippen molar-refractivity contribution in [1.29, 1.82) is 0 Å². The highest BCUT2D eigenvalue weighted by molar-refractivity contribution is 6.31. The van der Waals surface area contributed by atoms with Crippen LogP contribution >= 0.6 is 11.6 Å². The molecule has 0 bridgehead atoms. The smallest absolute Gasteiger partial charge is 0.0715 e. The summed E-state index contributed by atoms with van der Waals surface area (Å²) >= 11 is 6.20. The summed E-state index contributed by atoms with van der Waals surface area (Å²) in [5.41, 5.74) is 8.73. The van der Waals surface area contributed by atoms with Gasteiger partial charge in [0.15, 0.2) is 0 Å². The lowest BCUT2D eigenvalue weighted by atomic mass is 9.92. The molecule has 0 fully saturated rings. The van der Waals surface area contributed by atoms with Gasteiger partial charge in [-0.25, -0.2) is 5.43 Å². The van der Waals surface area contributed by atoms with E-state index in [4.69, 9.17) is 17.4 Å². The van der Waals surface area contributed by atoms with E-state index in [0.29, 0.717) is 0 Å². The zero-order valence-corrected chi connectivity index (χ0v) is 12.3. The van der Waals surface area contributed by atoms with Crippen LogP contribution in [0.15, 0.2) is 36.4 Å². The Labute approximate surface area is 119 Å². The Morgan fingerprint density at radius 3 is 2.42 bits per heavy atom. The van der Waals surface area contributed by atoms with Crippen molar-refractivity contribution in [3.63, 3.8) is 0 Å². The maximum atomic E-state index is 6.20. The van der Waals surface area contributed by atoms with Gasteiger partial charge in [-0.05, 0) is 49.1 Å². The summed E-state index contributed by atoms with van der Waals surface area (Å²) < 4.78 is 0. The first-order chi connectivity index (χ1) is 9.04. The van der Waals surface area contributed by atoms with Gasteiger partial charge in [-0.15, -0.1) is 0 Å². The number of nitrogens with two attached hydrogens (primary N) is 1. The fraction of sp³-hybridized carbons (Fsp3) is 0.250. The minimum Gasteiger partial charge on any atom is -0.271 e. The molecule has 1 atom stereocenters. The molecular weight excluding hydrogens is 256 g/mol. The average molecular weight is 275 g/mol. The molecule has 3 heteroatoms. The van der Waals surface area contributed by atoms with Crippen LogP contribution in [0.25, 0.3) is 0 Å². The van der Waals surface area contributed by atoms with Crippen molar-refractivity contribution in [3.8, 4) is 0 Å². The van der Waals surface area contributed by atoms with Crippen molar-refractivity contribution < 1.29 is 0 Å². The van der Waals surface area contributed by atoms with E-state index >= 15 is 0 Å². The minimum atomic E-state index is -0.0423.